The van der Waals surface area contributed by atoms with Gasteiger partial charge in [-0.2, -0.15) is 0 Å². The number of pyridine rings is 1. The number of nitrogen functional groups attached to an aromatic ring is 1. The summed E-state index contributed by atoms with van der Waals surface area (Å²) >= 11 is 0. The SMILES string of the molecule is Nc1cccc(OCCNc2ccc(S(N)(=O)=O)cn2)c1. The molecule has 0 bridgehead atoms. The molecule has 1 heterocycles. The summed E-state index contributed by atoms with van der Waals surface area (Å²) in [4.78, 5) is 3.93. The van der Waals surface area contributed by atoms with Gasteiger partial charge in [-0.15, -0.1) is 0 Å². The fourth-order valence-corrected chi connectivity index (χ4v) is 2.06. The molecule has 0 radical (unpaired) electrons. The van der Waals surface area contributed by atoms with Crippen LogP contribution in [-0.4, -0.2) is 26.6 Å². The monoisotopic (exact) mass is 308 g/mol. The molecule has 112 valence electrons. The summed E-state index contributed by atoms with van der Waals surface area (Å²) in [7, 11) is -3.71. The zero-order valence-electron chi connectivity index (χ0n) is 11.2. The molecule has 0 saturated heterocycles. The first kappa shape index (κ1) is 15.1. The molecule has 0 aliphatic carbocycles. The summed E-state index contributed by atoms with van der Waals surface area (Å²) in [5.41, 5.74) is 6.28. The number of nitrogens with zero attached hydrogens (tertiary/aromatic N) is 1. The number of hydrogen-bond acceptors (Lipinski definition) is 6. The van der Waals surface area contributed by atoms with Crippen LogP contribution < -0.4 is 20.9 Å². The van der Waals surface area contributed by atoms with Gasteiger partial charge in [0.15, 0.2) is 0 Å². The van der Waals surface area contributed by atoms with Crippen LogP contribution in [-0.2, 0) is 10.0 Å². The highest BCUT2D eigenvalue weighted by molar-refractivity contribution is 7.89. The fourth-order valence-electron chi connectivity index (χ4n) is 1.61. The van der Waals surface area contributed by atoms with Crippen LogP contribution in [0.2, 0.25) is 0 Å². The largest absolute Gasteiger partial charge is 0.492 e. The maximum atomic E-state index is 11.1. The molecule has 2 aromatic rings. The van der Waals surface area contributed by atoms with E-state index in [1.807, 2.05) is 12.1 Å². The third kappa shape index (κ3) is 4.62. The number of rotatable bonds is 6. The average Bonchev–Trinajstić information content (AvgIpc) is 2.43. The molecule has 0 spiro atoms. The number of benzene rings is 1. The number of sulfonamides is 1. The normalized spacial score (nSPS) is 11.1. The fraction of sp³-hybridized carbons (Fsp3) is 0.154. The predicted octanol–water partition coefficient (Wildman–Crippen LogP) is 0.802. The number of primary sulfonamides is 1. The highest BCUT2D eigenvalue weighted by atomic mass is 32.2. The van der Waals surface area contributed by atoms with E-state index in [2.05, 4.69) is 10.3 Å². The van der Waals surface area contributed by atoms with Crippen molar-refractivity contribution in [1.29, 1.82) is 0 Å². The Morgan fingerprint density at radius 3 is 2.67 bits per heavy atom. The van der Waals surface area contributed by atoms with Gasteiger partial charge in [0.2, 0.25) is 10.0 Å². The van der Waals surface area contributed by atoms with E-state index in [1.165, 1.54) is 12.3 Å². The summed E-state index contributed by atoms with van der Waals surface area (Å²) in [5.74, 6) is 1.23. The molecule has 0 atom stereocenters. The van der Waals surface area contributed by atoms with Crippen molar-refractivity contribution < 1.29 is 13.2 Å². The Balaban J connectivity index is 1.81. The third-order valence-electron chi connectivity index (χ3n) is 2.60. The van der Waals surface area contributed by atoms with Gasteiger partial charge >= 0.3 is 0 Å². The summed E-state index contributed by atoms with van der Waals surface area (Å²) in [6, 6.07) is 10.1. The van der Waals surface area contributed by atoms with Gasteiger partial charge in [-0.3, -0.25) is 0 Å². The van der Waals surface area contributed by atoms with Gasteiger partial charge < -0.3 is 15.8 Å². The standard InChI is InChI=1S/C13H16N4O3S/c14-10-2-1-3-11(8-10)20-7-6-16-13-5-4-12(9-17-13)21(15,18)19/h1-5,8-9H,6-7,14H2,(H,16,17)(H2,15,18,19). The Bertz CT molecular complexity index is 702. The Morgan fingerprint density at radius 2 is 2.05 bits per heavy atom. The lowest BCUT2D eigenvalue weighted by Crippen LogP contribution is -2.14. The van der Waals surface area contributed by atoms with Crippen LogP contribution in [0.15, 0.2) is 47.5 Å². The van der Waals surface area contributed by atoms with E-state index in [9.17, 15) is 8.42 Å². The first-order valence-electron chi connectivity index (χ1n) is 6.16. The van der Waals surface area contributed by atoms with Crippen molar-refractivity contribution in [3.8, 4) is 5.75 Å². The van der Waals surface area contributed by atoms with Crippen LogP contribution in [0.25, 0.3) is 0 Å². The van der Waals surface area contributed by atoms with Crippen molar-refractivity contribution in [2.45, 2.75) is 4.90 Å². The molecule has 21 heavy (non-hydrogen) atoms. The number of nitrogens with one attached hydrogen (secondary N) is 1. The zero-order chi connectivity index (χ0) is 15.3. The molecule has 0 amide bonds. The topological polar surface area (TPSA) is 120 Å². The zero-order valence-corrected chi connectivity index (χ0v) is 12.0. The van der Waals surface area contributed by atoms with Crippen molar-refractivity contribution >= 4 is 21.5 Å². The quantitative estimate of drug-likeness (QED) is 0.536. The second-order valence-corrected chi connectivity index (χ2v) is 5.83. The van der Waals surface area contributed by atoms with Crippen molar-refractivity contribution in [3.05, 3.63) is 42.6 Å². The molecule has 0 aliphatic rings. The Morgan fingerprint density at radius 1 is 1.24 bits per heavy atom. The smallest absolute Gasteiger partial charge is 0.239 e. The minimum atomic E-state index is -3.71. The average molecular weight is 308 g/mol. The molecule has 5 N–H and O–H groups in total. The van der Waals surface area contributed by atoms with Crippen molar-refractivity contribution in [2.75, 3.05) is 24.2 Å². The molecule has 0 unspecified atom stereocenters. The number of hydrogen-bond donors (Lipinski definition) is 3. The second-order valence-electron chi connectivity index (χ2n) is 4.27. The minimum Gasteiger partial charge on any atom is -0.492 e. The minimum absolute atomic E-state index is 0.0240. The van der Waals surface area contributed by atoms with Gasteiger partial charge in [0.25, 0.3) is 0 Å². The van der Waals surface area contributed by atoms with Gasteiger partial charge in [0.1, 0.15) is 23.1 Å². The lowest BCUT2D eigenvalue weighted by atomic mass is 10.3. The molecule has 2 rings (SSSR count). The van der Waals surface area contributed by atoms with E-state index in [-0.39, 0.29) is 4.90 Å². The van der Waals surface area contributed by atoms with E-state index in [1.54, 1.807) is 18.2 Å². The van der Waals surface area contributed by atoms with E-state index >= 15 is 0 Å². The van der Waals surface area contributed by atoms with E-state index in [0.29, 0.717) is 30.4 Å². The lowest BCUT2D eigenvalue weighted by Gasteiger charge is -2.08. The predicted molar refractivity (Wildman–Crippen MR) is 80.4 cm³/mol. The molecule has 8 heteroatoms. The van der Waals surface area contributed by atoms with Crippen LogP contribution in [0, 0.1) is 0 Å². The van der Waals surface area contributed by atoms with Crippen molar-refractivity contribution in [1.82, 2.24) is 4.98 Å². The van der Waals surface area contributed by atoms with Gasteiger partial charge in [-0.05, 0) is 24.3 Å². The first-order valence-corrected chi connectivity index (χ1v) is 7.71. The van der Waals surface area contributed by atoms with Crippen LogP contribution >= 0.6 is 0 Å². The van der Waals surface area contributed by atoms with Crippen LogP contribution in [0.4, 0.5) is 11.5 Å². The van der Waals surface area contributed by atoms with Gasteiger partial charge in [-0.1, -0.05) is 6.07 Å². The number of nitrogens with two attached hydrogens (primary N) is 2. The molecular formula is C13H16N4O3S. The number of ether oxygens (including phenoxy) is 1. The molecular weight excluding hydrogens is 292 g/mol. The molecule has 1 aromatic heterocycles. The Kier molecular flexibility index (Phi) is 4.61. The van der Waals surface area contributed by atoms with Crippen LogP contribution in [0.1, 0.15) is 0 Å². The van der Waals surface area contributed by atoms with Crippen molar-refractivity contribution in [2.24, 2.45) is 5.14 Å². The first-order chi connectivity index (χ1) is 9.95. The number of aromatic nitrogens is 1. The highest BCUT2D eigenvalue weighted by Gasteiger charge is 2.07. The lowest BCUT2D eigenvalue weighted by molar-refractivity contribution is 0.333. The third-order valence-corrected chi connectivity index (χ3v) is 3.50. The van der Waals surface area contributed by atoms with E-state index in [0.717, 1.165) is 0 Å². The second kappa shape index (κ2) is 6.42. The molecule has 0 fully saturated rings. The highest BCUT2D eigenvalue weighted by Crippen LogP contribution is 2.14. The summed E-state index contributed by atoms with van der Waals surface area (Å²) in [6.45, 7) is 0.929. The number of anilines is 2. The summed E-state index contributed by atoms with van der Waals surface area (Å²) in [6.07, 6.45) is 1.20. The molecule has 0 aliphatic heterocycles. The van der Waals surface area contributed by atoms with Gasteiger partial charge in [0.05, 0.1) is 6.54 Å². The summed E-state index contributed by atoms with van der Waals surface area (Å²) < 4.78 is 27.7. The van der Waals surface area contributed by atoms with Gasteiger partial charge in [0, 0.05) is 18.0 Å². The summed E-state index contributed by atoms with van der Waals surface area (Å²) in [5, 5.41) is 7.99. The van der Waals surface area contributed by atoms with E-state index < -0.39 is 10.0 Å². The van der Waals surface area contributed by atoms with Gasteiger partial charge in [-0.25, -0.2) is 18.5 Å². The maximum absolute atomic E-state index is 11.1. The van der Waals surface area contributed by atoms with E-state index in [4.69, 9.17) is 15.6 Å². The maximum Gasteiger partial charge on any atom is 0.239 e. The van der Waals surface area contributed by atoms with Crippen LogP contribution in [0.3, 0.4) is 0 Å². The molecule has 0 saturated carbocycles. The van der Waals surface area contributed by atoms with Crippen molar-refractivity contribution in [3.63, 3.8) is 0 Å². The molecule has 7 nitrogen and oxygen atoms in total. The van der Waals surface area contributed by atoms with Crippen LogP contribution in [0.5, 0.6) is 5.75 Å². The molecule has 1 aromatic carbocycles. The Labute approximate surface area is 123 Å². The Hall–Kier alpha value is -2.32.